The molecule has 0 radical (unpaired) electrons. The number of β-amino-alcohol motifs (C(OH)–C–C–N with tert-alkyl or cyclic N) is 1. The molecular formula is C27H33FN4O4. The van der Waals surface area contributed by atoms with Crippen LogP contribution in [0.1, 0.15) is 18.9 Å². The summed E-state index contributed by atoms with van der Waals surface area (Å²) in [4.78, 5) is 15.9. The van der Waals surface area contributed by atoms with Crippen molar-refractivity contribution in [2.24, 2.45) is 0 Å². The second-order valence-corrected chi connectivity index (χ2v) is 9.24. The predicted molar refractivity (Wildman–Crippen MR) is 133 cm³/mol. The minimum atomic E-state index is -1.28. The lowest BCUT2D eigenvalue weighted by Crippen LogP contribution is -2.51. The van der Waals surface area contributed by atoms with Gasteiger partial charge in [-0.3, -0.25) is 14.4 Å². The average molecular weight is 497 g/mol. The van der Waals surface area contributed by atoms with E-state index in [-0.39, 0.29) is 24.9 Å². The quantitative estimate of drug-likeness (QED) is 0.435. The van der Waals surface area contributed by atoms with Crippen LogP contribution in [-0.2, 0) is 17.9 Å². The molecular weight excluding hydrogens is 463 g/mol. The number of benzene rings is 2. The third-order valence-corrected chi connectivity index (χ3v) is 6.12. The van der Waals surface area contributed by atoms with Gasteiger partial charge in [-0.15, -0.1) is 0 Å². The molecule has 0 spiro atoms. The Morgan fingerprint density at radius 2 is 1.92 bits per heavy atom. The SMILES string of the molecule is CC(=O)N1CCN(Cc2cccc(OCCCn3cccn3)c2)C[C@](O)(COc2ccc(F)cc2)C1. The maximum Gasteiger partial charge on any atom is 0.219 e. The number of rotatable bonds is 10. The van der Waals surface area contributed by atoms with Crippen LogP contribution in [0, 0.1) is 5.82 Å². The molecule has 2 aromatic carbocycles. The van der Waals surface area contributed by atoms with Gasteiger partial charge in [-0.05, 0) is 48.0 Å². The fourth-order valence-electron chi connectivity index (χ4n) is 4.33. The van der Waals surface area contributed by atoms with Crippen LogP contribution in [0.3, 0.4) is 0 Å². The number of carbonyl (C=O) groups excluding carboxylic acids is 1. The molecule has 1 fully saturated rings. The van der Waals surface area contributed by atoms with Gasteiger partial charge in [0.05, 0.1) is 13.2 Å². The van der Waals surface area contributed by atoms with Crippen LogP contribution in [0.15, 0.2) is 67.0 Å². The van der Waals surface area contributed by atoms with Crippen molar-refractivity contribution < 1.29 is 23.8 Å². The second kappa shape index (κ2) is 12.0. The molecule has 8 nitrogen and oxygen atoms in total. The van der Waals surface area contributed by atoms with E-state index in [0.29, 0.717) is 38.5 Å². The Balaban J connectivity index is 1.36. The van der Waals surface area contributed by atoms with Crippen molar-refractivity contribution in [2.75, 3.05) is 39.4 Å². The minimum absolute atomic E-state index is 0.0156. The molecule has 1 N–H and O–H groups in total. The van der Waals surface area contributed by atoms with E-state index in [1.807, 2.05) is 41.2 Å². The fraction of sp³-hybridized carbons (Fsp3) is 0.407. The standard InChI is InChI=1S/C27H33FN4O4/c1-22(33)31-15-14-30(19-27(34,20-31)21-36-25-9-7-24(28)8-10-25)18-23-5-2-6-26(17-23)35-16-4-13-32-12-3-11-29-32/h2-3,5-12,17,34H,4,13-16,18-21H2,1H3/t27-/m1/s1. The van der Waals surface area contributed by atoms with Gasteiger partial charge in [0.15, 0.2) is 0 Å². The van der Waals surface area contributed by atoms with Crippen molar-refractivity contribution >= 4 is 5.91 Å². The molecule has 192 valence electrons. The Labute approximate surface area is 210 Å². The number of halogens is 1. The Bertz CT molecular complexity index is 1110. The first-order valence-electron chi connectivity index (χ1n) is 12.2. The lowest BCUT2D eigenvalue weighted by molar-refractivity contribution is -0.132. The molecule has 1 aliphatic heterocycles. The molecule has 1 saturated heterocycles. The number of hydrogen-bond donors (Lipinski definition) is 1. The molecule has 3 aromatic rings. The molecule has 36 heavy (non-hydrogen) atoms. The monoisotopic (exact) mass is 496 g/mol. The lowest BCUT2D eigenvalue weighted by atomic mass is 10.0. The Morgan fingerprint density at radius 1 is 1.08 bits per heavy atom. The van der Waals surface area contributed by atoms with E-state index in [0.717, 1.165) is 24.3 Å². The van der Waals surface area contributed by atoms with Gasteiger partial charge in [0.1, 0.15) is 29.5 Å². The summed E-state index contributed by atoms with van der Waals surface area (Å²) in [5, 5.41) is 15.6. The van der Waals surface area contributed by atoms with E-state index in [1.165, 1.54) is 31.2 Å². The highest BCUT2D eigenvalue weighted by Gasteiger charge is 2.36. The topological polar surface area (TPSA) is 80.1 Å². The van der Waals surface area contributed by atoms with Crippen LogP contribution < -0.4 is 9.47 Å². The van der Waals surface area contributed by atoms with E-state index in [2.05, 4.69) is 10.00 Å². The van der Waals surface area contributed by atoms with Gasteiger partial charge in [0.2, 0.25) is 5.91 Å². The van der Waals surface area contributed by atoms with Gasteiger partial charge >= 0.3 is 0 Å². The van der Waals surface area contributed by atoms with Gasteiger partial charge in [0, 0.05) is 58.5 Å². The molecule has 1 amide bonds. The molecule has 0 aliphatic carbocycles. The van der Waals surface area contributed by atoms with Crippen LogP contribution in [0.25, 0.3) is 0 Å². The van der Waals surface area contributed by atoms with Gasteiger partial charge in [-0.2, -0.15) is 5.10 Å². The summed E-state index contributed by atoms with van der Waals surface area (Å²) in [6.07, 6.45) is 4.54. The lowest BCUT2D eigenvalue weighted by Gasteiger charge is -2.32. The summed E-state index contributed by atoms with van der Waals surface area (Å²) in [6, 6.07) is 15.5. The number of aliphatic hydroxyl groups is 1. The number of nitrogens with zero attached hydrogens (tertiary/aromatic N) is 4. The van der Waals surface area contributed by atoms with Crippen LogP contribution in [-0.4, -0.2) is 75.6 Å². The van der Waals surface area contributed by atoms with E-state index in [1.54, 1.807) is 11.1 Å². The summed E-state index contributed by atoms with van der Waals surface area (Å²) < 4.78 is 26.8. The zero-order valence-corrected chi connectivity index (χ0v) is 20.6. The first-order chi connectivity index (χ1) is 17.4. The van der Waals surface area contributed by atoms with Crippen molar-refractivity contribution in [3.63, 3.8) is 0 Å². The smallest absolute Gasteiger partial charge is 0.219 e. The molecule has 1 atom stereocenters. The fourth-order valence-corrected chi connectivity index (χ4v) is 4.33. The van der Waals surface area contributed by atoms with Crippen LogP contribution in [0.2, 0.25) is 0 Å². The number of aromatic nitrogens is 2. The molecule has 0 saturated carbocycles. The predicted octanol–water partition coefficient (Wildman–Crippen LogP) is 2.97. The molecule has 1 aromatic heterocycles. The van der Waals surface area contributed by atoms with Crippen molar-refractivity contribution in [1.29, 1.82) is 0 Å². The third-order valence-electron chi connectivity index (χ3n) is 6.12. The molecule has 0 bridgehead atoms. The van der Waals surface area contributed by atoms with Gasteiger partial charge in [-0.25, -0.2) is 4.39 Å². The van der Waals surface area contributed by atoms with Crippen molar-refractivity contribution in [3.05, 3.63) is 78.4 Å². The molecule has 9 heteroatoms. The van der Waals surface area contributed by atoms with E-state index in [4.69, 9.17) is 9.47 Å². The van der Waals surface area contributed by atoms with Crippen LogP contribution >= 0.6 is 0 Å². The number of amides is 1. The highest BCUT2D eigenvalue weighted by molar-refractivity contribution is 5.73. The molecule has 0 unspecified atom stereocenters. The first-order valence-corrected chi connectivity index (χ1v) is 12.2. The van der Waals surface area contributed by atoms with Crippen molar-refractivity contribution in [1.82, 2.24) is 19.6 Å². The Hall–Kier alpha value is -3.43. The Kier molecular flexibility index (Phi) is 8.56. The van der Waals surface area contributed by atoms with Crippen molar-refractivity contribution in [2.45, 2.75) is 32.0 Å². The molecule has 4 rings (SSSR count). The Morgan fingerprint density at radius 3 is 2.67 bits per heavy atom. The highest BCUT2D eigenvalue weighted by Crippen LogP contribution is 2.21. The third kappa shape index (κ3) is 7.53. The summed E-state index contributed by atoms with van der Waals surface area (Å²) in [5.41, 5.74) is -0.227. The summed E-state index contributed by atoms with van der Waals surface area (Å²) in [7, 11) is 0. The number of ether oxygens (including phenoxy) is 2. The van der Waals surface area contributed by atoms with Gasteiger partial charge in [-0.1, -0.05) is 12.1 Å². The molecule has 1 aliphatic rings. The molecule has 2 heterocycles. The summed E-state index contributed by atoms with van der Waals surface area (Å²) in [5.74, 6) is 0.812. The van der Waals surface area contributed by atoms with E-state index >= 15 is 0 Å². The highest BCUT2D eigenvalue weighted by atomic mass is 19.1. The number of aryl methyl sites for hydroxylation is 1. The minimum Gasteiger partial charge on any atom is -0.494 e. The maximum absolute atomic E-state index is 13.2. The number of hydrogen-bond acceptors (Lipinski definition) is 6. The summed E-state index contributed by atoms with van der Waals surface area (Å²) in [6.45, 7) is 5.09. The first kappa shape index (κ1) is 25.7. The van der Waals surface area contributed by atoms with Gasteiger partial charge in [0.25, 0.3) is 0 Å². The maximum atomic E-state index is 13.2. The summed E-state index contributed by atoms with van der Waals surface area (Å²) >= 11 is 0. The van der Waals surface area contributed by atoms with Crippen LogP contribution in [0.5, 0.6) is 11.5 Å². The van der Waals surface area contributed by atoms with Crippen molar-refractivity contribution in [3.8, 4) is 11.5 Å². The van der Waals surface area contributed by atoms with E-state index in [9.17, 15) is 14.3 Å². The number of carbonyl (C=O) groups is 1. The zero-order chi connectivity index (χ0) is 25.4. The zero-order valence-electron chi connectivity index (χ0n) is 20.6. The van der Waals surface area contributed by atoms with Crippen LogP contribution in [0.4, 0.5) is 4.39 Å². The average Bonchev–Trinajstić information content (AvgIpc) is 3.32. The van der Waals surface area contributed by atoms with Gasteiger partial charge < -0.3 is 19.5 Å². The second-order valence-electron chi connectivity index (χ2n) is 9.24. The normalized spacial score (nSPS) is 18.6. The van der Waals surface area contributed by atoms with E-state index < -0.39 is 5.60 Å². The largest absolute Gasteiger partial charge is 0.494 e.